The van der Waals surface area contributed by atoms with E-state index in [9.17, 15) is 9.59 Å². The third-order valence-electron chi connectivity index (χ3n) is 3.13. The highest BCUT2D eigenvalue weighted by Gasteiger charge is 2.06. The van der Waals surface area contributed by atoms with Crippen LogP contribution in [0.2, 0.25) is 0 Å². The molecule has 0 heterocycles. The van der Waals surface area contributed by atoms with Gasteiger partial charge in [0.25, 0.3) is 0 Å². The van der Waals surface area contributed by atoms with Gasteiger partial charge in [-0.05, 0) is 48.9 Å². The average Bonchev–Trinajstić information content (AvgIpc) is 2.58. The Balaban J connectivity index is 2.06. The van der Waals surface area contributed by atoms with Gasteiger partial charge in [-0.3, -0.25) is 0 Å². The molecule has 0 unspecified atom stereocenters. The van der Waals surface area contributed by atoms with Crippen LogP contribution >= 0.6 is 0 Å². The molecule has 0 amide bonds. The van der Waals surface area contributed by atoms with Crippen LogP contribution in [0.25, 0.3) is 10.8 Å². The Morgan fingerprint density at radius 1 is 0.840 bits per heavy atom. The van der Waals surface area contributed by atoms with E-state index < -0.39 is 11.9 Å². The summed E-state index contributed by atoms with van der Waals surface area (Å²) >= 11 is 0. The van der Waals surface area contributed by atoms with Crippen molar-refractivity contribution in [2.75, 3.05) is 0 Å². The molecule has 0 aromatic heterocycles. The van der Waals surface area contributed by atoms with Crippen LogP contribution in [0.3, 0.4) is 0 Å². The molecule has 0 radical (unpaired) electrons. The number of ether oxygens (including phenoxy) is 3. The quantitative estimate of drug-likeness (QED) is 0.340. The molecule has 0 saturated heterocycles. The molecule has 2 rings (SSSR count). The zero-order chi connectivity index (χ0) is 18.4. The molecule has 5 nitrogen and oxygen atoms in total. The molecular formula is C20H18O5. The van der Waals surface area contributed by atoms with Crippen LogP contribution < -0.4 is 9.47 Å². The lowest BCUT2D eigenvalue weighted by Gasteiger charge is -2.07. The molecule has 2 aromatic rings. The van der Waals surface area contributed by atoms with Crippen LogP contribution in [0.1, 0.15) is 13.8 Å². The minimum atomic E-state index is -0.518. The molecule has 0 aliphatic heterocycles. The SMILES string of the molecule is C=C(C)C(=O)O/C=C\Oc1ccc2cc(OC(=O)C(=C)C)ccc2c1. The fourth-order valence-electron chi connectivity index (χ4n) is 1.83. The standard InChI is InChI=1S/C20H18O5/c1-13(2)19(21)24-10-9-23-17-7-5-16-12-18(8-6-15(16)11-17)25-20(22)14(3)4/h5-12H,1,3H2,2,4H3/b10-9-. The van der Waals surface area contributed by atoms with E-state index >= 15 is 0 Å². The van der Waals surface area contributed by atoms with Crippen LogP contribution in [0.15, 0.2) is 73.2 Å². The molecule has 0 fully saturated rings. The number of carbonyl (C=O) groups is 2. The number of hydrogen-bond acceptors (Lipinski definition) is 5. The van der Waals surface area contributed by atoms with Crippen molar-refractivity contribution in [1.82, 2.24) is 0 Å². The third kappa shape index (κ3) is 5.07. The van der Waals surface area contributed by atoms with Gasteiger partial charge in [0.2, 0.25) is 0 Å². The lowest BCUT2D eigenvalue weighted by molar-refractivity contribution is -0.133. The van der Waals surface area contributed by atoms with E-state index in [1.54, 1.807) is 32.0 Å². The fourth-order valence-corrected chi connectivity index (χ4v) is 1.83. The first-order chi connectivity index (χ1) is 11.9. The van der Waals surface area contributed by atoms with Gasteiger partial charge < -0.3 is 14.2 Å². The fraction of sp³-hybridized carbons (Fsp3) is 0.100. The lowest BCUT2D eigenvalue weighted by Crippen LogP contribution is -2.07. The Morgan fingerprint density at radius 3 is 2.00 bits per heavy atom. The van der Waals surface area contributed by atoms with Gasteiger partial charge in [0.1, 0.15) is 24.0 Å². The number of carbonyl (C=O) groups excluding carboxylic acids is 2. The van der Waals surface area contributed by atoms with Crippen molar-refractivity contribution in [3.63, 3.8) is 0 Å². The second-order valence-electron chi connectivity index (χ2n) is 5.42. The second kappa shape index (κ2) is 7.97. The maximum Gasteiger partial charge on any atom is 0.338 e. The number of hydrogen-bond donors (Lipinski definition) is 0. The summed E-state index contributed by atoms with van der Waals surface area (Å²) in [5.74, 6) is 0.0338. The van der Waals surface area contributed by atoms with Gasteiger partial charge in [-0.15, -0.1) is 0 Å². The minimum absolute atomic E-state index is 0.304. The van der Waals surface area contributed by atoms with Gasteiger partial charge >= 0.3 is 11.9 Å². The summed E-state index contributed by atoms with van der Waals surface area (Å²) in [5, 5.41) is 1.79. The number of esters is 2. The first kappa shape index (κ1) is 18.0. The van der Waals surface area contributed by atoms with Crippen LogP contribution in [0, 0.1) is 0 Å². The van der Waals surface area contributed by atoms with E-state index in [0.29, 0.717) is 22.6 Å². The lowest BCUT2D eigenvalue weighted by atomic mass is 10.1. The van der Waals surface area contributed by atoms with E-state index in [1.165, 1.54) is 6.26 Å². The molecule has 25 heavy (non-hydrogen) atoms. The van der Waals surface area contributed by atoms with Crippen molar-refractivity contribution in [1.29, 1.82) is 0 Å². The third-order valence-corrected chi connectivity index (χ3v) is 3.13. The Morgan fingerprint density at radius 2 is 1.40 bits per heavy atom. The largest absolute Gasteiger partial charge is 0.462 e. The Labute approximate surface area is 145 Å². The smallest absolute Gasteiger partial charge is 0.338 e. The Bertz CT molecular complexity index is 877. The van der Waals surface area contributed by atoms with Crippen LogP contribution in [0.4, 0.5) is 0 Å². The molecule has 0 bridgehead atoms. The van der Waals surface area contributed by atoms with E-state index in [2.05, 4.69) is 13.2 Å². The van der Waals surface area contributed by atoms with E-state index in [1.807, 2.05) is 18.2 Å². The number of benzene rings is 2. The predicted octanol–water partition coefficient (Wildman–Crippen LogP) is 4.29. The van der Waals surface area contributed by atoms with Gasteiger partial charge in [0.15, 0.2) is 0 Å². The maximum atomic E-state index is 11.5. The molecule has 0 aliphatic carbocycles. The van der Waals surface area contributed by atoms with Crippen molar-refractivity contribution in [2.45, 2.75) is 13.8 Å². The van der Waals surface area contributed by atoms with Gasteiger partial charge in [-0.1, -0.05) is 25.3 Å². The highest BCUT2D eigenvalue weighted by Crippen LogP contribution is 2.25. The van der Waals surface area contributed by atoms with Crippen molar-refractivity contribution in [2.24, 2.45) is 0 Å². The van der Waals surface area contributed by atoms with Crippen LogP contribution in [0.5, 0.6) is 11.5 Å². The first-order valence-corrected chi connectivity index (χ1v) is 7.46. The summed E-state index contributed by atoms with van der Waals surface area (Å²) in [7, 11) is 0. The summed E-state index contributed by atoms with van der Waals surface area (Å²) in [4.78, 5) is 22.8. The normalized spacial score (nSPS) is 10.5. The summed E-state index contributed by atoms with van der Waals surface area (Å²) in [6, 6.07) is 10.6. The molecule has 0 N–H and O–H groups in total. The molecule has 128 valence electrons. The topological polar surface area (TPSA) is 61.8 Å². The highest BCUT2D eigenvalue weighted by molar-refractivity contribution is 5.90. The summed E-state index contributed by atoms with van der Waals surface area (Å²) in [5.41, 5.74) is 0.640. The molecule has 2 aromatic carbocycles. The highest BCUT2D eigenvalue weighted by atomic mass is 16.5. The van der Waals surface area contributed by atoms with Gasteiger partial charge in [0.05, 0.1) is 0 Å². The molecule has 5 heteroatoms. The van der Waals surface area contributed by atoms with Gasteiger partial charge in [-0.2, -0.15) is 0 Å². The second-order valence-corrected chi connectivity index (χ2v) is 5.42. The molecular weight excluding hydrogens is 320 g/mol. The van der Waals surface area contributed by atoms with Crippen molar-refractivity contribution < 1.29 is 23.8 Å². The van der Waals surface area contributed by atoms with Crippen molar-refractivity contribution >= 4 is 22.7 Å². The van der Waals surface area contributed by atoms with E-state index in [4.69, 9.17) is 14.2 Å². The number of fused-ring (bicyclic) bond motifs is 1. The molecule has 0 saturated carbocycles. The summed E-state index contributed by atoms with van der Waals surface area (Å²) < 4.78 is 15.4. The van der Waals surface area contributed by atoms with Crippen LogP contribution in [-0.4, -0.2) is 11.9 Å². The van der Waals surface area contributed by atoms with Crippen molar-refractivity contribution in [3.8, 4) is 11.5 Å². The monoisotopic (exact) mass is 338 g/mol. The molecule has 0 aliphatic rings. The molecule has 0 atom stereocenters. The van der Waals surface area contributed by atoms with E-state index in [0.717, 1.165) is 17.0 Å². The van der Waals surface area contributed by atoms with Crippen LogP contribution in [-0.2, 0) is 14.3 Å². The summed E-state index contributed by atoms with van der Waals surface area (Å²) in [6.07, 6.45) is 2.42. The zero-order valence-corrected chi connectivity index (χ0v) is 14.1. The Kier molecular flexibility index (Phi) is 5.74. The zero-order valence-electron chi connectivity index (χ0n) is 14.1. The summed E-state index contributed by atoms with van der Waals surface area (Å²) in [6.45, 7) is 10.2. The maximum absolute atomic E-state index is 11.5. The minimum Gasteiger partial charge on any atom is -0.462 e. The van der Waals surface area contributed by atoms with Gasteiger partial charge in [0, 0.05) is 11.1 Å². The molecule has 0 spiro atoms. The number of rotatable bonds is 6. The van der Waals surface area contributed by atoms with Gasteiger partial charge in [-0.25, -0.2) is 9.59 Å². The first-order valence-electron chi connectivity index (χ1n) is 7.46. The van der Waals surface area contributed by atoms with E-state index in [-0.39, 0.29) is 0 Å². The Hall–Kier alpha value is -3.34. The van der Waals surface area contributed by atoms with Crippen molar-refractivity contribution in [3.05, 3.63) is 73.2 Å². The predicted molar refractivity (Wildman–Crippen MR) is 95.1 cm³/mol. The average molecular weight is 338 g/mol.